The molecule has 1 saturated carbocycles. The van der Waals surface area contributed by atoms with Crippen LogP contribution in [0.15, 0.2) is 18.5 Å². The average Bonchev–Trinajstić information content (AvgIpc) is 2.91. The van der Waals surface area contributed by atoms with Crippen LogP contribution in [0, 0.1) is 0 Å². The van der Waals surface area contributed by atoms with E-state index in [0.717, 1.165) is 0 Å². The standard InChI is InChI=1S/C18H22ClFN4O3/c1-17(20)4-2-5-18(27,9-17)10-23-16(26)11-7-24(8-13(21)25)15-14(11)12(19)3-6-22-15/h3,6-7,27H,2,4-5,8-10H2,1H3,(H2,21,25)(H,23,26). The second-order valence-electron chi connectivity index (χ2n) is 7.48. The molecule has 9 heteroatoms. The minimum absolute atomic E-state index is 0.0357. The number of pyridine rings is 1. The predicted octanol–water partition coefficient (Wildman–Crippen LogP) is 1.94. The molecule has 2 atom stereocenters. The van der Waals surface area contributed by atoms with Crippen molar-refractivity contribution in [1.29, 1.82) is 0 Å². The van der Waals surface area contributed by atoms with Crippen molar-refractivity contribution in [2.75, 3.05) is 6.54 Å². The van der Waals surface area contributed by atoms with Crippen molar-refractivity contribution in [3.8, 4) is 0 Å². The summed E-state index contributed by atoms with van der Waals surface area (Å²) in [5, 5.41) is 14.0. The van der Waals surface area contributed by atoms with Crippen molar-refractivity contribution in [2.24, 2.45) is 5.73 Å². The molecule has 3 rings (SSSR count). The van der Waals surface area contributed by atoms with E-state index in [9.17, 15) is 19.1 Å². The third kappa shape index (κ3) is 4.22. The summed E-state index contributed by atoms with van der Waals surface area (Å²) in [5.41, 5.74) is 3.07. The van der Waals surface area contributed by atoms with E-state index in [2.05, 4.69) is 10.3 Å². The first-order valence-corrected chi connectivity index (χ1v) is 9.09. The Morgan fingerprint density at radius 3 is 2.89 bits per heavy atom. The van der Waals surface area contributed by atoms with Crippen LogP contribution in [0.4, 0.5) is 4.39 Å². The zero-order valence-electron chi connectivity index (χ0n) is 15.0. The van der Waals surface area contributed by atoms with Gasteiger partial charge < -0.3 is 20.7 Å². The molecule has 1 aliphatic rings. The van der Waals surface area contributed by atoms with Crippen molar-refractivity contribution in [3.05, 3.63) is 29.0 Å². The van der Waals surface area contributed by atoms with E-state index in [4.69, 9.17) is 17.3 Å². The molecular weight excluding hydrogens is 375 g/mol. The molecule has 0 spiro atoms. The average molecular weight is 397 g/mol. The maximum Gasteiger partial charge on any atom is 0.253 e. The van der Waals surface area contributed by atoms with Gasteiger partial charge in [-0.2, -0.15) is 0 Å². The lowest BCUT2D eigenvalue weighted by molar-refractivity contribution is -0.118. The molecule has 0 radical (unpaired) electrons. The third-order valence-corrected chi connectivity index (χ3v) is 5.21. The summed E-state index contributed by atoms with van der Waals surface area (Å²) in [6.45, 7) is 1.23. The van der Waals surface area contributed by atoms with E-state index < -0.39 is 23.1 Å². The first kappa shape index (κ1) is 19.6. The van der Waals surface area contributed by atoms with E-state index in [1.54, 1.807) is 6.07 Å². The van der Waals surface area contributed by atoms with Crippen LogP contribution in [0.5, 0.6) is 0 Å². The zero-order chi connectivity index (χ0) is 19.8. The number of aromatic nitrogens is 2. The minimum atomic E-state index is -1.46. The lowest BCUT2D eigenvalue weighted by atomic mass is 9.77. The Morgan fingerprint density at radius 2 is 2.22 bits per heavy atom. The van der Waals surface area contributed by atoms with Gasteiger partial charge in [0.25, 0.3) is 5.91 Å². The van der Waals surface area contributed by atoms with Crippen LogP contribution in [0.2, 0.25) is 5.02 Å². The summed E-state index contributed by atoms with van der Waals surface area (Å²) in [6.07, 6.45) is 4.24. The first-order valence-electron chi connectivity index (χ1n) is 8.71. The summed E-state index contributed by atoms with van der Waals surface area (Å²) in [6, 6.07) is 1.54. The summed E-state index contributed by atoms with van der Waals surface area (Å²) in [7, 11) is 0. The number of carbonyl (C=O) groups excluding carboxylic acids is 2. The molecule has 2 aromatic heterocycles. The van der Waals surface area contributed by atoms with Crippen molar-refractivity contribution in [2.45, 2.75) is 50.4 Å². The van der Waals surface area contributed by atoms with Crippen LogP contribution < -0.4 is 11.1 Å². The van der Waals surface area contributed by atoms with Crippen molar-refractivity contribution >= 4 is 34.4 Å². The van der Waals surface area contributed by atoms with Gasteiger partial charge in [0, 0.05) is 25.4 Å². The summed E-state index contributed by atoms with van der Waals surface area (Å²) in [5.74, 6) is -1.07. The normalized spacial score (nSPS) is 25.5. The largest absolute Gasteiger partial charge is 0.388 e. The Labute approximate surface area is 160 Å². The van der Waals surface area contributed by atoms with Gasteiger partial charge in [0.1, 0.15) is 17.9 Å². The fraction of sp³-hybridized carbons (Fsp3) is 0.500. The van der Waals surface area contributed by atoms with Gasteiger partial charge in [-0.1, -0.05) is 11.6 Å². The fourth-order valence-electron chi connectivity index (χ4n) is 3.78. The fourth-order valence-corrected chi connectivity index (χ4v) is 4.02. The number of hydrogen-bond donors (Lipinski definition) is 3. The van der Waals surface area contributed by atoms with Crippen molar-refractivity contribution in [3.63, 3.8) is 0 Å². The first-order chi connectivity index (χ1) is 12.6. The van der Waals surface area contributed by atoms with Crippen LogP contribution in [0.3, 0.4) is 0 Å². The van der Waals surface area contributed by atoms with Crippen LogP contribution >= 0.6 is 11.6 Å². The topological polar surface area (TPSA) is 110 Å². The number of halogens is 2. The quantitative estimate of drug-likeness (QED) is 0.717. The number of aliphatic hydroxyl groups is 1. The number of rotatable bonds is 5. The highest BCUT2D eigenvalue weighted by Gasteiger charge is 2.41. The van der Waals surface area contributed by atoms with Gasteiger partial charge in [-0.15, -0.1) is 0 Å². The molecule has 27 heavy (non-hydrogen) atoms. The zero-order valence-corrected chi connectivity index (χ0v) is 15.7. The van der Waals surface area contributed by atoms with Gasteiger partial charge in [-0.05, 0) is 32.3 Å². The Kier molecular flexibility index (Phi) is 5.14. The lowest BCUT2D eigenvalue weighted by Gasteiger charge is -2.38. The number of nitrogens with zero attached hydrogens (tertiary/aromatic N) is 2. The van der Waals surface area contributed by atoms with Crippen LogP contribution in [-0.4, -0.2) is 44.3 Å². The molecule has 2 unspecified atom stereocenters. The molecule has 0 aliphatic heterocycles. The molecule has 7 nitrogen and oxygen atoms in total. The van der Waals surface area contributed by atoms with E-state index in [0.29, 0.717) is 35.3 Å². The SMILES string of the molecule is CC1(F)CCCC(O)(CNC(=O)c2cn(CC(N)=O)c3nccc(Cl)c23)C1. The monoisotopic (exact) mass is 396 g/mol. The van der Waals surface area contributed by atoms with E-state index in [-0.39, 0.29) is 25.1 Å². The molecule has 2 amide bonds. The second kappa shape index (κ2) is 7.09. The third-order valence-electron chi connectivity index (χ3n) is 4.89. The Hall–Kier alpha value is -2.19. The van der Waals surface area contributed by atoms with Crippen LogP contribution in [-0.2, 0) is 11.3 Å². The number of nitrogens with one attached hydrogen (secondary N) is 1. The molecule has 0 aromatic carbocycles. The number of hydrogen-bond acceptors (Lipinski definition) is 4. The van der Waals surface area contributed by atoms with E-state index in [1.165, 1.54) is 23.9 Å². The molecule has 0 saturated heterocycles. The summed E-state index contributed by atoms with van der Waals surface area (Å²) < 4.78 is 15.7. The molecule has 1 aliphatic carbocycles. The van der Waals surface area contributed by atoms with Gasteiger partial charge in [0.2, 0.25) is 5.91 Å². The van der Waals surface area contributed by atoms with Gasteiger partial charge in [-0.3, -0.25) is 9.59 Å². The number of primary amides is 1. The molecule has 4 N–H and O–H groups in total. The highest BCUT2D eigenvalue weighted by molar-refractivity contribution is 6.36. The highest BCUT2D eigenvalue weighted by Crippen LogP contribution is 2.37. The van der Waals surface area contributed by atoms with E-state index >= 15 is 0 Å². The van der Waals surface area contributed by atoms with Gasteiger partial charge in [-0.25, -0.2) is 9.37 Å². The second-order valence-corrected chi connectivity index (χ2v) is 7.89. The number of nitrogens with two attached hydrogens (primary N) is 1. The molecular formula is C18H22ClFN4O3. The molecule has 2 aromatic rings. The van der Waals surface area contributed by atoms with Gasteiger partial charge in [0.15, 0.2) is 0 Å². The van der Waals surface area contributed by atoms with Gasteiger partial charge >= 0.3 is 0 Å². The number of fused-ring (bicyclic) bond motifs is 1. The molecule has 146 valence electrons. The van der Waals surface area contributed by atoms with Crippen LogP contribution in [0.1, 0.15) is 43.0 Å². The molecule has 2 heterocycles. The maximum absolute atomic E-state index is 14.3. The summed E-state index contributed by atoms with van der Waals surface area (Å²) in [4.78, 5) is 28.2. The van der Waals surface area contributed by atoms with Crippen LogP contribution in [0.25, 0.3) is 11.0 Å². The summed E-state index contributed by atoms with van der Waals surface area (Å²) >= 11 is 6.22. The predicted molar refractivity (Wildman–Crippen MR) is 99.2 cm³/mol. The smallest absolute Gasteiger partial charge is 0.253 e. The van der Waals surface area contributed by atoms with Crippen molar-refractivity contribution < 1.29 is 19.1 Å². The Balaban J connectivity index is 1.84. The number of carbonyl (C=O) groups is 2. The number of amides is 2. The Bertz CT molecular complexity index is 898. The Morgan fingerprint density at radius 1 is 1.48 bits per heavy atom. The molecule has 0 bridgehead atoms. The lowest BCUT2D eigenvalue weighted by Crippen LogP contribution is -2.49. The number of alkyl halides is 1. The highest BCUT2D eigenvalue weighted by atomic mass is 35.5. The molecule has 1 fully saturated rings. The minimum Gasteiger partial charge on any atom is -0.388 e. The van der Waals surface area contributed by atoms with Crippen molar-refractivity contribution in [1.82, 2.24) is 14.9 Å². The van der Waals surface area contributed by atoms with E-state index in [1.807, 2.05) is 0 Å². The van der Waals surface area contributed by atoms with Gasteiger partial charge in [0.05, 0.1) is 21.6 Å². The maximum atomic E-state index is 14.3.